The summed E-state index contributed by atoms with van der Waals surface area (Å²) in [5, 5.41) is 3.56. The molecular formula is C7H7BrN4. The van der Waals surface area contributed by atoms with Gasteiger partial charge in [-0.1, -0.05) is 12.0 Å². The number of hydrogen-bond donors (Lipinski definition) is 0. The third kappa shape index (κ3) is 2.22. The first-order valence-electron chi connectivity index (χ1n) is 3.38. The second kappa shape index (κ2) is 4.09. The Kier molecular flexibility index (Phi) is 3.08. The maximum absolute atomic E-state index is 8.19. The molecule has 1 atom stereocenters. The number of rotatable bonds is 2. The lowest BCUT2D eigenvalue weighted by Gasteiger charge is -2.02. The number of pyridine rings is 1. The van der Waals surface area contributed by atoms with Crippen LogP contribution in [0.25, 0.3) is 10.4 Å². The third-order valence-electron chi connectivity index (χ3n) is 1.43. The zero-order valence-corrected chi connectivity index (χ0v) is 8.06. The molecule has 1 rings (SSSR count). The molecule has 1 aromatic heterocycles. The van der Waals surface area contributed by atoms with Gasteiger partial charge in [-0.05, 0) is 33.1 Å². The van der Waals surface area contributed by atoms with Crippen LogP contribution in [-0.2, 0) is 0 Å². The SMILES string of the molecule is CC(N=[N+]=[N-])c1cncc(Br)c1. The molecule has 0 saturated heterocycles. The Balaban J connectivity index is 2.94. The van der Waals surface area contributed by atoms with E-state index in [4.69, 9.17) is 5.53 Å². The third-order valence-corrected chi connectivity index (χ3v) is 1.87. The molecule has 0 bridgehead atoms. The average molecular weight is 227 g/mol. The van der Waals surface area contributed by atoms with E-state index in [1.807, 2.05) is 13.0 Å². The van der Waals surface area contributed by atoms with Gasteiger partial charge in [0.15, 0.2) is 0 Å². The summed E-state index contributed by atoms with van der Waals surface area (Å²) in [6.07, 6.45) is 3.37. The van der Waals surface area contributed by atoms with Crippen LogP contribution in [0.2, 0.25) is 0 Å². The zero-order valence-electron chi connectivity index (χ0n) is 6.48. The van der Waals surface area contributed by atoms with E-state index in [0.717, 1.165) is 10.0 Å². The highest BCUT2D eigenvalue weighted by Gasteiger charge is 2.02. The Labute approximate surface area is 78.4 Å². The molecule has 5 heteroatoms. The molecule has 4 nitrogen and oxygen atoms in total. The van der Waals surface area contributed by atoms with Crippen LogP contribution >= 0.6 is 15.9 Å². The van der Waals surface area contributed by atoms with Gasteiger partial charge in [-0.25, -0.2) is 0 Å². The average Bonchev–Trinajstić information content (AvgIpc) is 2.05. The van der Waals surface area contributed by atoms with Crippen molar-refractivity contribution in [2.24, 2.45) is 5.11 Å². The minimum atomic E-state index is -0.167. The van der Waals surface area contributed by atoms with Crippen molar-refractivity contribution in [3.05, 3.63) is 38.9 Å². The van der Waals surface area contributed by atoms with Crippen molar-refractivity contribution in [1.82, 2.24) is 4.98 Å². The van der Waals surface area contributed by atoms with Gasteiger partial charge in [0.1, 0.15) is 0 Å². The standard InChI is InChI=1S/C7H7BrN4/c1-5(11-12-9)6-2-7(8)4-10-3-6/h2-5H,1H3. The number of azide groups is 1. The molecule has 0 N–H and O–H groups in total. The molecule has 0 aromatic carbocycles. The van der Waals surface area contributed by atoms with Crippen molar-refractivity contribution in [3.63, 3.8) is 0 Å². The number of nitrogens with zero attached hydrogens (tertiary/aromatic N) is 4. The van der Waals surface area contributed by atoms with Gasteiger partial charge < -0.3 is 0 Å². The van der Waals surface area contributed by atoms with Gasteiger partial charge in [0, 0.05) is 21.8 Å². The van der Waals surface area contributed by atoms with Crippen LogP contribution in [-0.4, -0.2) is 4.98 Å². The lowest BCUT2D eigenvalue weighted by molar-refractivity contribution is 0.800. The summed E-state index contributed by atoms with van der Waals surface area (Å²) < 4.78 is 0.889. The van der Waals surface area contributed by atoms with Crippen molar-refractivity contribution >= 4 is 15.9 Å². The topological polar surface area (TPSA) is 61.7 Å². The molecule has 0 aliphatic rings. The van der Waals surface area contributed by atoms with E-state index in [2.05, 4.69) is 30.9 Å². The van der Waals surface area contributed by atoms with Crippen LogP contribution < -0.4 is 0 Å². The monoisotopic (exact) mass is 226 g/mol. The Bertz CT molecular complexity index is 319. The number of hydrogen-bond acceptors (Lipinski definition) is 2. The largest absolute Gasteiger partial charge is 0.263 e. The van der Waals surface area contributed by atoms with E-state index >= 15 is 0 Å². The van der Waals surface area contributed by atoms with Gasteiger partial charge in [0.2, 0.25) is 0 Å². The van der Waals surface area contributed by atoms with E-state index in [0.29, 0.717) is 0 Å². The van der Waals surface area contributed by atoms with Gasteiger partial charge in [-0.2, -0.15) is 0 Å². The molecule has 0 amide bonds. The van der Waals surface area contributed by atoms with Gasteiger partial charge in [-0.3, -0.25) is 4.98 Å². The van der Waals surface area contributed by atoms with Crippen LogP contribution in [0.3, 0.4) is 0 Å². The van der Waals surface area contributed by atoms with Gasteiger partial charge in [0.05, 0.1) is 6.04 Å². The minimum absolute atomic E-state index is 0.167. The molecule has 0 spiro atoms. The van der Waals surface area contributed by atoms with E-state index in [1.165, 1.54) is 0 Å². The zero-order chi connectivity index (χ0) is 8.97. The summed E-state index contributed by atoms with van der Waals surface area (Å²) in [4.78, 5) is 6.68. The van der Waals surface area contributed by atoms with Crippen LogP contribution in [0.15, 0.2) is 28.0 Å². The first-order chi connectivity index (χ1) is 5.74. The molecule has 0 radical (unpaired) electrons. The van der Waals surface area contributed by atoms with Crippen molar-refractivity contribution in [2.45, 2.75) is 13.0 Å². The van der Waals surface area contributed by atoms with Gasteiger partial charge >= 0.3 is 0 Å². The molecule has 0 aliphatic carbocycles. The van der Waals surface area contributed by atoms with Crippen molar-refractivity contribution < 1.29 is 0 Å². The predicted molar refractivity (Wildman–Crippen MR) is 49.5 cm³/mol. The second-order valence-electron chi connectivity index (χ2n) is 2.32. The Morgan fingerprint density at radius 1 is 1.67 bits per heavy atom. The predicted octanol–water partition coefficient (Wildman–Crippen LogP) is 3.22. The highest BCUT2D eigenvalue weighted by Crippen LogP contribution is 2.18. The van der Waals surface area contributed by atoms with E-state index in [1.54, 1.807) is 12.4 Å². The van der Waals surface area contributed by atoms with Crippen LogP contribution in [0.4, 0.5) is 0 Å². The first kappa shape index (κ1) is 9.03. The smallest absolute Gasteiger partial charge is 0.0612 e. The van der Waals surface area contributed by atoms with Crippen molar-refractivity contribution in [1.29, 1.82) is 0 Å². The molecule has 1 heterocycles. The molecular weight excluding hydrogens is 220 g/mol. The van der Waals surface area contributed by atoms with E-state index < -0.39 is 0 Å². The van der Waals surface area contributed by atoms with Crippen LogP contribution in [0.1, 0.15) is 18.5 Å². The fourth-order valence-corrected chi connectivity index (χ4v) is 1.18. The first-order valence-corrected chi connectivity index (χ1v) is 4.18. The highest BCUT2D eigenvalue weighted by atomic mass is 79.9. The number of aromatic nitrogens is 1. The fourth-order valence-electron chi connectivity index (χ4n) is 0.801. The van der Waals surface area contributed by atoms with Gasteiger partial charge in [-0.15, -0.1) is 0 Å². The summed E-state index contributed by atoms with van der Waals surface area (Å²) in [7, 11) is 0. The second-order valence-corrected chi connectivity index (χ2v) is 3.23. The quantitative estimate of drug-likeness (QED) is 0.434. The summed E-state index contributed by atoms with van der Waals surface area (Å²) in [6.45, 7) is 1.82. The lowest BCUT2D eigenvalue weighted by Crippen LogP contribution is -1.88. The molecule has 1 aromatic rings. The summed E-state index contributed by atoms with van der Waals surface area (Å²) in [6, 6.07) is 1.71. The van der Waals surface area contributed by atoms with Crippen molar-refractivity contribution in [2.75, 3.05) is 0 Å². The normalized spacial score (nSPS) is 11.8. The maximum atomic E-state index is 8.19. The Hall–Kier alpha value is -1.06. The van der Waals surface area contributed by atoms with E-state index in [9.17, 15) is 0 Å². The Morgan fingerprint density at radius 3 is 3.00 bits per heavy atom. The molecule has 0 aliphatic heterocycles. The van der Waals surface area contributed by atoms with Gasteiger partial charge in [0.25, 0.3) is 0 Å². The summed E-state index contributed by atoms with van der Waals surface area (Å²) in [5.74, 6) is 0. The Morgan fingerprint density at radius 2 is 2.42 bits per heavy atom. The molecule has 0 saturated carbocycles. The maximum Gasteiger partial charge on any atom is 0.0612 e. The fraction of sp³-hybridized carbons (Fsp3) is 0.286. The summed E-state index contributed by atoms with van der Waals surface area (Å²) in [5.41, 5.74) is 9.10. The van der Waals surface area contributed by atoms with E-state index in [-0.39, 0.29) is 6.04 Å². The highest BCUT2D eigenvalue weighted by molar-refractivity contribution is 9.10. The molecule has 0 fully saturated rings. The molecule has 12 heavy (non-hydrogen) atoms. The molecule has 62 valence electrons. The lowest BCUT2D eigenvalue weighted by atomic mass is 10.2. The molecule has 1 unspecified atom stereocenters. The number of halogens is 1. The van der Waals surface area contributed by atoms with Crippen LogP contribution in [0, 0.1) is 0 Å². The summed E-state index contributed by atoms with van der Waals surface area (Å²) >= 11 is 3.28. The van der Waals surface area contributed by atoms with Crippen LogP contribution in [0.5, 0.6) is 0 Å². The van der Waals surface area contributed by atoms with Crippen molar-refractivity contribution in [3.8, 4) is 0 Å². The minimum Gasteiger partial charge on any atom is -0.263 e.